The second-order valence-electron chi connectivity index (χ2n) is 9.70. The topological polar surface area (TPSA) is 59.7 Å². The second-order valence-corrected chi connectivity index (χ2v) is 9.70. The summed E-state index contributed by atoms with van der Waals surface area (Å²) in [6.07, 6.45) is 26.4. The first-order valence-corrected chi connectivity index (χ1v) is 14.1. The maximum Gasteiger partial charge on any atom is 0.311 e. The molecule has 0 saturated heterocycles. The Hall–Kier alpha value is -1.45. The van der Waals surface area contributed by atoms with Crippen LogP contribution in [0.2, 0.25) is 0 Å². The van der Waals surface area contributed by atoms with Crippen molar-refractivity contribution in [3.05, 3.63) is 11.5 Å². The minimum absolute atomic E-state index is 0.0310. The zero-order chi connectivity index (χ0) is 24.2. The molecule has 0 bridgehead atoms. The molecular weight excluding hydrogens is 412 g/mol. The van der Waals surface area contributed by atoms with Gasteiger partial charge in [-0.3, -0.25) is 4.79 Å². The van der Waals surface area contributed by atoms with Gasteiger partial charge < -0.3 is 14.3 Å². The van der Waals surface area contributed by atoms with Gasteiger partial charge in [-0.25, -0.2) is 0 Å². The van der Waals surface area contributed by atoms with Crippen LogP contribution in [-0.2, 0) is 11.2 Å². The average molecular weight is 465 g/mol. The van der Waals surface area contributed by atoms with Crippen LogP contribution in [0.5, 0.6) is 11.5 Å². The van der Waals surface area contributed by atoms with E-state index in [1.54, 1.807) is 6.92 Å². The molecule has 4 nitrogen and oxygen atoms in total. The number of furan rings is 1. The Kier molecular flexibility index (Phi) is 17.9. The van der Waals surface area contributed by atoms with Gasteiger partial charge in [-0.2, -0.15) is 0 Å². The van der Waals surface area contributed by atoms with Gasteiger partial charge in [0.2, 0.25) is 11.5 Å². The minimum Gasteiger partial charge on any atom is -0.502 e. The van der Waals surface area contributed by atoms with Crippen LogP contribution < -0.4 is 4.74 Å². The molecule has 0 atom stereocenters. The molecule has 0 radical (unpaired) electrons. The lowest BCUT2D eigenvalue weighted by Crippen LogP contribution is -2.07. The molecule has 1 aromatic rings. The van der Waals surface area contributed by atoms with Crippen molar-refractivity contribution < 1.29 is 19.1 Å². The van der Waals surface area contributed by atoms with Gasteiger partial charge in [0, 0.05) is 12.8 Å². The number of esters is 1. The molecule has 4 heteroatoms. The van der Waals surface area contributed by atoms with Crippen molar-refractivity contribution in [2.24, 2.45) is 0 Å². The summed E-state index contributed by atoms with van der Waals surface area (Å²) in [5.74, 6) is 0.805. The Balaban J connectivity index is 1.84. The highest BCUT2D eigenvalue weighted by atomic mass is 16.6. The molecule has 0 aromatic carbocycles. The van der Waals surface area contributed by atoms with E-state index in [4.69, 9.17) is 9.15 Å². The first kappa shape index (κ1) is 29.6. The summed E-state index contributed by atoms with van der Waals surface area (Å²) < 4.78 is 10.7. The third-order valence-corrected chi connectivity index (χ3v) is 6.60. The third-order valence-electron chi connectivity index (χ3n) is 6.60. The number of carbonyl (C=O) groups excluding carboxylic acids is 1. The molecule has 1 rings (SSSR count). The summed E-state index contributed by atoms with van der Waals surface area (Å²) in [5.41, 5.74) is 0. The Morgan fingerprint density at radius 1 is 0.697 bits per heavy atom. The van der Waals surface area contributed by atoms with E-state index in [0.29, 0.717) is 24.4 Å². The molecule has 0 aliphatic heterocycles. The molecule has 0 unspecified atom stereocenters. The summed E-state index contributed by atoms with van der Waals surface area (Å²) in [7, 11) is 0. The van der Waals surface area contributed by atoms with Crippen molar-refractivity contribution in [3.63, 3.8) is 0 Å². The number of hydrogen-bond acceptors (Lipinski definition) is 4. The molecule has 33 heavy (non-hydrogen) atoms. The van der Waals surface area contributed by atoms with Gasteiger partial charge in [0.05, 0.1) is 0 Å². The molecule has 0 amide bonds. The molecule has 0 fully saturated rings. The number of unbranched alkanes of at least 4 members (excludes halogenated alkanes) is 18. The van der Waals surface area contributed by atoms with Crippen LogP contribution in [-0.4, -0.2) is 11.1 Å². The van der Waals surface area contributed by atoms with Crippen LogP contribution in [0.25, 0.3) is 0 Å². The minimum atomic E-state index is -0.288. The van der Waals surface area contributed by atoms with E-state index in [-0.39, 0.29) is 17.5 Å². The summed E-state index contributed by atoms with van der Waals surface area (Å²) in [5, 5.41) is 10.0. The van der Waals surface area contributed by atoms with Gasteiger partial charge in [0.1, 0.15) is 11.5 Å². The standard InChI is InChI=1S/C29H52O4/c1-4-6-7-8-9-10-11-12-13-14-15-16-17-18-19-20-21-22-23-24-27(30)33-29-25(3)32-26(5-2)28(29)31/h31H,4-24H2,1-3H3. The molecule has 0 saturated carbocycles. The van der Waals surface area contributed by atoms with Crippen LogP contribution in [0.4, 0.5) is 0 Å². The zero-order valence-corrected chi connectivity index (χ0v) is 22.0. The fourth-order valence-electron chi connectivity index (χ4n) is 4.45. The predicted octanol–water partition coefficient (Wildman–Crippen LogP) is 9.58. The average Bonchev–Trinajstić information content (AvgIpc) is 3.08. The molecule has 1 N–H and O–H groups in total. The van der Waals surface area contributed by atoms with Crippen molar-refractivity contribution in [3.8, 4) is 11.5 Å². The summed E-state index contributed by atoms with van der Waals surface area (Å²) in [6, 6.07) is 0. The van der Waals surface area contributed by atoms with Crippen LogP contribution >= 0.6 is 0 Å². The molecular formula is C29H52O4. The fraction of sp³-hybridized carbons (Fsp3) is 0.828. The van der Waals surface area contributed by atoms with Crippen molar-refractivity contribution >= 4 is 5.97 Å². The van der Waals surface area contributed by atoms with Gasteiger partial charge in [-0.1, -0.05) is 129 Å². The SMILES string of the molecule is CCCCCCCCCCCCCCCCCCCCCC(=O)Oc1c(C)oc(CC)c1O. The van der Waals surface area contributed by atoms with Crippen molar-refractivity contribution in [2.45, 2.75) is 156 Å². The maximum absolute atomic E-state index is 12.0. The number of hydrogen-bond donors (Lipinski definition) is 1. The Morgan fingerprint density at radius 3 is 1.45 bits per heavy atom. The lowest BCUT2D eigenvalue weighted by atomic mass is 10.0. The van der Waals surface area contributed by atoms with Gasteiger partial charge >= 0.3 is 5.97 Å². The van der Waals surface area contributed by atoms with E-state index >= 15 is 0 Å². The normalized spacial score (nSPS) is 11.2. The van der Waals surface area contributed by atoms with Crippen LogP contribution in [0.3, 0.4) is 0 Å². The zero-order valence-electron chi connectivity index (χ0n) is 22.0. The molecule has 0 aliphatic carbocycles. The van der Waals surface area contributed by atoms with Crippen molar-refractivity contribution in [1.82, 2.24) is 0 Å². The summed E-state index contributed by atoms with van der Waals surface area (Å²) in [6.45, 7) is 5.88. The van der Waals surface area contributed by atoms with E-state index in [1.807, 2.05) is 6.92 Å². The number of aryl methyl sites for hydroxylation is 2. The monoisotopic (exact) mass is 464 g/mol. The summed E-state index contributed by atoms with van der Waals surface area (Å²) >= 11 is 0. The third kappa shape index (κ3) is 14.4. The summed E-state index contributed by atoms with van der Waals surface area (Å²) in [4.78, 5) is 12.0. The smallest absolute Gasteiger partial charge is 0.311 e. The van der Waals surface area contributed by atoms with Gasteiger partial charge in [-0.15, -0.1) is 0 Å². The molecule has 0 spiro atoms. The molecule has 1 heterocycles. The van der Waals surface area contributed by atoms with Crippen LogP contribution in [0.15, 0.2) is 4.42 Å². The Morgan fingerprint density at radius 2 is 1.09 bits per heavy atom. The van der Waals surface area contributed by atoms with Crippen LogP contribution in [0.1, 0.15) is 154 Å². The maximum atomic E-state index is 12.0. The lowest BCUT2D eigenvalue weighted by molar-refractivity contribution is -0.134. The highest BCUT2D eigenvalue weighted by Gasteiger charge is 2.19. The van der Waals surface area contributed by atoms with E-state index in [0.717, 1.165) is 12.8 Å². The van der Waals surface area contributed by atoms with Crippen molar-refractivity contribution in [2.75, 3.05) is 0 Å². The number of carbonyl (C=O) groups is 1. The quantitative estimate of drug-likeness (QED) is 0.137. The first-order chi connectivity index (χ1) is 16.1. The van der Waals surface area contributed by atoms with Gasteiger partial charge in [0.15, 0.2) is 0 Å². The Labute approximate surface area is 203 Å². The van der Waals surface area contributed by atoms with E-state index in [2.05, 4.69) is 6.92 Å². The van der Waals surface area contributed by atoms with Crippen LogP contribution in [0, 0.1) is 6.92 Å². The van der Waals surface area contributed by atoms with Gasteiger partial charge in [0.25, 0.3) is 0 Å². The molecule has 192 valence electrons. The van der Waals surface area contributed by atoms with E-state index in [9.17, 15) is 9.90 Å². The lowest BCUT2D eigenvalue weighted by Gasteiger charge is -2.05. The second kappa shape index (κ2) is 20.0. The largest absolute Gasteiger partial charge is 0.502 e. The predicted molar refractivity (Wildman–Crippen MR) is 138 cm³/mol. The number of rotatable bonds is 22. The molecule has 1 aromatic heterocycles. The highest BCUT2D eigenvalue weighted by Crippen LogP contribution is 2.37. The fourth-order valence-corrected chi connectivity index (χ4v) is 4.45. The first-order valence-electron chi connectivity index (χ1n) is 14.1. The number of aromatic hydroxyl groups is 1. The molecule has 0 aliphatic rings. The Bertz CT molecular complexity index is 605. The van der Waals surface area contributed by atoms with E-state index < -0.39 is 0 Å². The highest BCUT2D eigenvalue weighted by molar-refractivity contribution is 5.73. The van der Waals surface area contributed by atoms with E-state index in [1.165, 1.54) is 109 Å². The van der Waals surface area contributed by atoms with Gasteiger partial charge in [-0.05, 0) is 13.3 Å². The van der Waals surface area contributed by atoms with Crippen molar-refractivity contribution in [1.29, 1.82) is 0 Å². The number of ether oxygens (including phenoxy) is 1.